The van der Waals surface area contributed by atoms with E-state index >= 15 is 0 Å². The van der Waals surface area contributed by atoms with E-state index in [1.54, 1.807) is 0 Å². The second-order valence-electron chi connectivity index (χ2n) is 4.68. The number of benzene rings is 1. The van der Waals surface area contributed by atoms with Gasteiger partial charge in [-0.2, -0.15) is 0 Å². The summed E-state index contributed by atoms with van der Waals surface area (Å²) in [6, 6.07) is 7.97. The molecule has 0 saturated carbocycles. The first-order valence-electron chi connectivity index (χ1n) is 6.21. The summed E-state index contributed by atoms with van der Waals surface area (Å²) < 4.78 is 20.2. The van der Waals surface area contributed by atoms with Crippen molar-refractivity contribution < 1.29 is 9.13 Å². The number of hydrogen-bond acceptors (Lipinski definition) is 2. The lowest BCUT2D eigenvalue weighted by Crippen LogP contribution is -2.31. The standard InChI is InChI=1S/C14H20FNO/c1-11(16-2)12-5-3-4-6-13(12)14(15)7-9-17-10-8-14/h3-6,11,16H,7-10H2,1-2H3. The molecular formula is C14H20FNO. The maximum atomic E-state index is 15.0. The van der Waals surface area contributed by atoms with Crippen molar-refractivity contribution in [3.8, 4) is 0 Å². The molecule has 0 radical (unpaired) electrons. The average Bonchev–Trinajstić information content (AvgIpc) is 2.39. The molecule has 1 aromatic rings. The minimum absolute atomic E-state index is 0.168. The predicted octanol–water partition coefficient (Wildman–Crippen LogP) is 2.94. The molecule has 1 fully saturated rings. The SMILES string of the molecule is CNC(C)c1ccccc1C1(F)CCOCC1. The Bertz CT molecular complexity index is 374. The molecule has 1 atom stereocenters. The van der Waals surface area contributed by atoms with E-state index in [4.69, 9.17) is 4.74 Å². The van der Waals surface area contributed by atoms with Gasteiger partial charge in [0.05, 0.1) is 0 Å². The van der Waals surface area contributed by atoms with Crippen LogP contribution in [0.25, 0.3) is 0 Å². The Hall–Kier alpha value is -0.930. The summed E-state index contributed by atoms with van der Waals surface area (Å²) in [5.41, 5.74) is 0.657. The third-order valence-electron chi connectivity index (χ3n) is 3.63. The van der Waals surface area contributed by atoms with Gasteiger partial charge in [0.15, 0.2) is 0 Å². The van der Waals surface area contributed by atoms with Crippen molar-refractivity contribution in [3.63, 3.8) is 0 Å². The zero-order chi connectivity index (χ0) is 12.3. The van der Waals surface area contributed by atoms with E-state index in [9.17, 15) is 4.39 Å². The largest absolute Gasteiger partial charge is 0.381 e. The first kappa shape index (κ1) is 12.5. The Morgan fingerprint density at radius 1 is 1.29 bits per heavy atom. The first-order valence-corrected chi connectivity index (χ1v) is 6.21. The minimum Gasteiger partial charge on any atom is -0.381 e. The van der Waals surface area contributed by atoms with Gasteiger partial charge in [0.25, 0.3) is 0 Å². The molecular weight excluding hydrogens is 217 g/mol. The fourth-order valence-electron chi connectivity index (χ4n) is 2.40. The summed E-state index contributed by atoms with van der Waals surface area (Å²) in [7, 11) is 1.90. The number of ether oxygens (including phenoxy) is 1. The van der Waals surface area contributed by atoms with Crippen LogP contribution in [0, 0.1) is 0 Å². The molecule has 3 heteroatoms. The number of alkyl halides is 1. The predicted molar refractivity (Wildman–Crippen MR) is 66.8 cm³/mol. The van der Waals surface area contributed by atoms with Crippen molar-refractivity contribution in [3.05, 3.63) is 35.4 Å². The monoisotopic (exact) mass is 237 g/mol. The normalized spacial score (nSPS) is 21.1. The highest BCUT2D eigenvalue weighted by atomic mass is 19.1. The average molecular weight is 237 g/mol. The lowest BCUT2D eigenvalue weighted by molar-refractivity contribution is -0.0121. The van der Waals surface area contributed by atoms with E-state index < -0.39 is 5.67 Å². The molecule has 1 unspecified atom stereocenters. The Morgan fingerprint density at radius 2 is 1.94 bits per heavy atom. The highest BCUT2D eigenvalue weighted by Gasteiger charge is 2.36. The zero-order valence-corrected chi connectivity index (χ0v) is 10.5. The summed E-state index contributed by atoms with van der Waals surface area (Å²) in [5.74, 6) is 0. The van der Waals surface area contributed by atoms with Gasteiger partial charge in [-0.3, -0.25) is 0 Å². The van der Waals surface area contributed by atoms with Crippen LogP contribution in [0.3, 0.4) is 0 Å². The molecule has 1 aliphatic rings. The quantitative estimate of drug-likeness (QED) is 0.872. The lowest BCUT2D eigenvalue weighted by atomic mass is 9.83. The summed E-state index contributed by atoms with van der Waals surface area (Å²) in [5, 5.41) is 3.18. The first-order chi connectivity index (χ1) is 8.17. The van der Waals surface area contributed by atoms with E-state index in [2.05, 4.69) is 12.2 Å². The zero-order valence-electron chi connectivity index (χ0n) is 10.5. The molecule has 1 heterocycles. The van der Waals surface area contributed by atoms with Crippen LogP contribution in [-0.2, 0) is 10.4 Å². The van der Waals surface area contributed by atoms with Gasteiger partial charge in [-0.05, 0) is 25.1 Å². The second kappa shape index (κ2) is 5.15. The van der Waals surface area contributed by atoms with Crippen LogP contribution in [0.15, 0.2) is 24.3 Å². The fourth-order valence-corrected chi connectivity index (χ4v) is 2.40. The van der Waals surface area contributed by atoms with E-state index in [0.29, 0.717) is 26.1 Å². The Kier molecular flexibility index (Phi) is 3.79. The maximum absolute atomic E-state index is 15.0. The molecule has 94 valence electrons. The molecule has 0 aromatic heterocycles. The molecule has 1 aliphatic heterocycles. The van der Waals surface area contributed by atoms with Gasteiger partial charge in [-0.25, -0.2) is 4.39 Å². The van der Waals surface area contributed by atoms with Crippen molar-refractivity contribution in [2.45, 2.75) is 31.5 Å². The summed E-state index contributed by atoms with van der Waals surface area (Å²) in [6.07, 6.45) is 0.918. The smallest absolute Gasteiger partial charge is 0.140 e. The van der Waals surface area contributed by atoms with Crippen LogP contribution >= 0.6 is 0 Å². The molecule has 2 rings (SSSR count). The van der Waals surface area contributed by atoms with Crippen LogP contribution in [0.1, 0.15) is 36.9 Å². The molecule has 17 heavy (non-hydrogen) atoms. The lowest BCUT2D eigenvalue weighted by Gasteiger charge is -2.32. The molecule has 2 nitrogen and oxygen atoms in total. The topological polar surface area (TPSA) is 21.3 Å². The summed E-state index contributed by atoms with van der Waals surface area (Å²) >= 11 is 0. The van der Waals surface area contributed by atoms with Gasteiger partial charge < -0.3 is 10.1 Å². The molecule has 0 aliphatic carbocycles. The van der Waals surface area contributed by atoms with Crippen molar-refractivity contribution >= 4 is 0 Å². The number of halogens is 1. The molecule has 0 amide bonds. The maximum Gasteiger partial charge on any atom is 0.140 e. The van der Waals surface area contributed by atoms with Gasteiger partial charge in [0.2, 0.25) is 0 Å². The molecule has 1 aromatic carbocycles. The van der Waals surface area contributed by atoms with Crippen LogP contribution in [-0.4, -0.2) is 20.3 Å². The fraction of sp³-hybridized carbons (Fsp3) is 0.571. The second-order valence-corrected chi connectivity index (χ2v) is 4.68. The molecule has 1 saturated heterocycles. The highest BCUT2D eigenvalue weighted by Crippen LogP contribution is 2.39. The van der Waals surface area contributed by atoms with Crippen LogP contribution in [0.2, 0.25) is 0 Å². The summed E-state index contributed by atoms with van der Waals surface area (Å²) in [4.78, 5) is 0. The van der Waals surface area contributed by atoms with Gasteiger partial charge in [-0.1, -0.05) is 24.3 Å². The van der Waals surface area contributed by atoms with E-state index in [-0.39, 0.29) is 6.04 Å². The molecule has 0 spiro atoms. The molecule has 1 N–H and O–H groups in total. The molecule has 0 bridgehead atoms. The van der Waals surface area contributed by atoms with Crippen molar-refractivity contribution in [1.29, 1.82) is 0 Å². The third kappa shape index (κ3) is 2.50. The minimum atomic E-state index is -1.22. The van der Waals surface area contributed by atoms with E-state index in [1.165, 1.54) is 0 Å². The Labute approximate surface area is 102 Å². The highest BCUT2D eigenvalue weighted by molar-refractivity contribution is 5.35. The van der Waals surface area contributed by atoms with Crippen molar-refractivity contribution in [2.24, 2.45) is 0 Å². The number of hydrogen-bond donors (Lipinski definition) is 1. The van der Waals surface area contributed by atoms with E-state index in [0.717, 1.165) is 11.1 Å². The summed E-state index contributed by atoms with van der Waals surface area (Å²) in [6.45, 7) is 3.08. The van der Waals surface area contributed by atoms with Crippen LogP contribution < -0.4 is 5.32 Å². The number of rotatable bonds is 3. The van der Waals surface area contributed by atoms with Gasteiger partial charge in [0, 0.05) is 32.1 Å². The van der Waals surface area contributed by atoms with Crippen LogP contribution in [0.4, 0.5) is 4.39 Å². The van der Waals surface area contributed by atoms with Gasteiger partial charge >= 0.3 is 0 Å². The van der Waals surface area contributed by atoms with Gasteiger partial charge in [-0.15, -0.1) is 0 Å². The Morgan fingerprint density at radius 3 is 2.59 bits per heavy atom. The van der Waals surface area contributed by atoms with Crippen molar-refractivity contribution in [2.75, 3.05) is 20.3 Å². The van der Waals surface area contributed by atoms with E-state index in [1.807, 2.05) is 31.3 Å². The Balaban J connectivity index is 2.36. The number of nitrogens with one attached hydrogen (secondary N) is 1. The van der Waals surface area contributed by atoms with Gasteiger partial charge in [0.1, 0.15) is 5.67 Å². The third-order valence-corrected chi connectivity index (χ3v) is 3.63. The van der Waals surface area contributed by atoms with Crippen molar-refractivity contribution in [1.82, 2.24) is 5.32 Å². The van der Waals surface area contributed by atoms with Crippen LogP contribution in [0.5, 0.6) is 0 Å².